The van der Waals surface area contributed by atoms with Gasteiger partial charge in [0.25, 0.3) is 0 Å². The van der Waals surface area contributed by atoms with E-state index in [0.29, 0.717) is 18.7 Å². The Morgan fingerprint density at radius 3 is 2.67 bits per heavy atom. The summed E-state index contributed by atoms with van der Waals surface area (Å²) in [5.41, 5.74) is 1.45. The molecule has 2 aliphatic rings. The van der Waals surface area contributed by atoms with Crippen molar-refractivity contribution in [2.75, 3.05) is 13.2 Å². The number of nitrogens with zero attached hydrogens (tertiary/aromatic N) is 1. The molecule has 2 nitrogen and oxygen atoms in total. The van der Waals surface area contributed by atoms with E-state index in [2.05, 4.69) is 35.2 Å². The first-order chi connectivity index (χ1) is 7.38. The Bertz CT molecular complexity index is 326. The second-order valence-electron chi connectivity index (χ2n) is 4.81. The first kappa shape index (κ1) is 9.37. The highest BCUT2D eigenvalue weighted by Gasteiger charge is 2.52. The molecule has 2 fully saturated rings. The maximum atomic E-state index is 9.05. The highest BCUT2D eigenvalue weighted by Crippen LogP contribution is 2.41. The van der Waals surface area contributed by atoms with Crippen LogP contribution in [0.25, 0.3) is 0 Å². The number of aliphatic hydroxyl groups excluding tert-OH is 1. The van der Waals surface area contributed by atoms with Gasteiger partial charge in [0.15, 0.2) is 0 Å². The Kier molecular flexibility index (Phi) is 2.26. The van der Waals surface area contributed by atoms with Crippen molar-refractivity contribution in [3.8, 4) is 0 Å². The zero-order valence-electron chi connectivity index (χ0n) is 8.84. The lowest BCUT2D eigenvalue weighted by atomic mass is 9.95. The molecule has 0 amide bonds. The molecular formula is C13H17NO. The van der Waals surface area contributed by atoms with E-state index >= 15 is 0 Å². The van der Waals surface area contributed by atoms with Crippen LogP contribution in [0.15, 0.2) is 30.3 Å². The molecule has 1 aromatic carbocycles. The lowest BCUT2D eigenvalue weighted by Crippen LogP contribution is -2.17. The summed E-state index contributed by atoms with van der Waals surface area (Å²) in [7, 11) is 0. The first-order valence-corrected chi connectivity index (χ1v) is 5.79. The number of hydrogen-bond acceptors (Lipinski definition) is 2. The minimum Gasteiger partial charge on any atom is -0.395 e. The Hall–Kier alpha value is -0.860. The molecule has 0 bridgehead atoms. The fourth-order valence-electron chi connectivity index (χ4n) is 2.99. The predicted octanol–water partition coefficient (Wildman–Crippen LogP) is 1.29. The van der Waals surface area contributed by atoms with Gasteiger partial charge in [0, 0.05) is 18.6 Å². The molecule has 0 spiro atoms. The Morgan fingerprint density at radius 1 is 1.27 bits per heavy atom. The Labute approximate surface area is 90.5 Å². The van der Waals surface area contributed by atoms with E-state index in [0.717, 1.165) is 5.92 Å². The number of fused-ring (bicyclic) bond motifs is 1. The van der Waals surface area contributed by atoms with Gasteiger partial charge >= 0.3 is 0 Å². The topological polar surface area (TPSA) is 23.2 Å². The van der Waals surface area contributed by atoms with E-state index in [1.54, 1.807) is 0 Å². The SMILES string of the molecule is OCC1C2C[C@@H](Cc3ccccc3)CN12. The van der Waals surface area contributed by atoms with Gasteiger partial charge in [-0.2, -0.15) is 0 Å². The molecule has 3 unspecified atom stereocenters. The molecule has 3 rings (SSSR count). The maximum Gasteiger partial charge on any atom is 0.0602 e. The normalized spacial score (nSPS) is 37.7. The zero-order chi connectivity index (χ0) is 10.3. The highest BCUT2D eigenvalue weighted by molar-refractivity contribution is 5.17. The van der Waals surface area contributed by atoms with E-state index in [1.165, 1.54) is 24.9 Å². The molecule has 80 valence electrons. The molecule has 2 heteroatoms. The summed E-state index contributed by atoms with van der Waals surface area (Å²) in [5.74, 6) is 0.806. The van der Waals surface area contributed by atoms with Gasteiger partial charge in [-0.05, 0) is 24.3 Å². The molecule has 2 aliphatic heterocycles. The van der Waals surface area contributed by atoms with Gasteiger partial charge in [-0.1, -0.05) is 30.3 Å². The molecule has 0 radical (unpaired) electrons. The fourth-order valence-corrected chi connectivity index (χ4v) is 2.99. The highest BCUT2D eigenvalue weighted by atomic mass is 16.3. The molecule has 15 heavy (non-hydrogen) atoms. The van der Waals surface area contributed by atoms with Crippen LogP contribution in [0.5, 0.6) is 0 Å². The molecule has 2 saturated heterocycles. The van der Waals surface area contributed by atoms with Gasteiger partial charge < -0.3 is 5.11 Å². The van der Waals surface area contributed by atoms with Crippen molar-refractivity contribution in [2.24, 2.45) is 5.92 Å². The summed E-state index contributed by atoms with van der Waals surface area (Å²) in [4.78, 5) is 2.44. The van der Waals surface area contributed by atoms with Crippen LogP contribution in [0.3, 0.4) is 0 Å². The number of rotatable bonds is 3. The Morgan fingerprint density at radius 2 is 2.07 bits per heavy atom. The summed E-state index contributed by atoms with van der Waals surface area (Å²) in [6.45, 7) is 1.54. The molecule has 0 aromatic heterocycles. The fraction of sp³-hybridized carbons (Fsp3) is 0.538. The second kappa shape index (κ2) is 3.62. The lowest BCUT2D eigenvalue weighted by molar-refractivity contribution is 0.262. The van der Waals surface area contributed by atoms with Gasteiger partial charge in [-0.3, -0.25) is 4.90 Å². The second-order valence-corrected chi connectivity index (χ2v) is 4.81. The maximum absolute atomic E-state index is 9.05. The predicted molar refractivity (Wildman–Crippen MR) is 59.6 cm³/mol. The van der Waals surface area contributed by atoms with E-state index in [1.807, 2.05) is 0 Å². The molecule has 2 heterocycles. The van der Waals surface area contributed by atoms with Crippen LogP contribution in [-0.2, 0) is 6.42 Å². The zero-order valence-corrected chi connectivity index (χ0v) is 8.84. The third-order valence-electron chi connectivity index (χ3n) is 3.80. The van der Waals surface area contributed by atoms with Crippen LogP contribution in [0.2, 0.25) is 0 Å². The van der Waals surface area contributed by atoms with Crippen LogP contribution in [0.1, 0.15) is 12.0 Å². The quantitative estimate of drug-likeness (QED) is 0.748. The average molecular weight is 203 g/mol. The van der Waals surface area contributed by atoms with Crippen molar-refractivity contribution in [1.82, 2.24) is 4.90 Å². The molecule has 0 saturated carbocycles. The average Bonchev–Trinajstić information content (AvgIpc) is 2.75. The van der Waals surface area contributed by atoms with Crippen LogP contribution in [0.4, 0.5) is 0 Å². The number of benzene rings is 1. The summed E-state index contributed by atoms with van der Waals surface area (Å²) in [5, 5.41) is 9.05. The number of aliphatic hydroxyl groups is 1. The van der Waals surface area contributed by atoms with Gasteiger partial charge in [-0.15, -0.1) is 0 Å². The largest absolute Gasteiger partial charge is 0.395 e. The van der Waals surface area contributed by atoms with Crippen LogP contribution in [-0.4, -0.2) is 35.2 Å². The van der Waals surface area contributed by atoms with Crippen molar-refractivity contribution in [2.45, 2.75) is 24.9 Å². The van der Waals surface area contributed by atoms with Crippen molar-refractivity contribution in [3.05, 3.63) is 35.9 Å². The van der Waals surface area contributed by atoms with Crippen molar-refractivity contribution < 1.29 is 5.11 Å². The third kappa shape index (κ3) is 1.68. The van der Waals surface area contributed by atoms with Gasteiger partial charge in [-0.25, -0.2) is 0 Å². The van der Waals surface area contributed by atoms with Crippen molar-refractivity contribution in [3.63, 3.8) is 0 Å². The third-order valence-corrected chi connectivity index (χ3v) is 3.80. The smallest absolute Gasteiger partial charge is 0.0602 e. The lowest BCUT2D eigenvalue weighted by Gasteiger charge is -2.12. The number of hydrogen-bond donors (Lipinski definition) is 1. The van der Waals surface area contributed by atoms with Crippen LogP contribution in [0, 0.1) is 5.92 Å². The van der Waals surface area contributed by atoms with Crippen LogP contribution < -0.4 is 0 Å². The standard InChI is InChI=1S/C13H17NO/c15-9-13-12-7-11(8-14(12)13)6-10-4-2-1-3-5-10/h1-5,11-13,15H,6-9H2/t11-,12?,13?,14?/m1/s1. The van der Waals surface area contributed by atoms with E-state index in [9.17, 15) is 0 Å². The summed E-state index contributed by atoms with van der Waals surface area (Å²) in [6.07, 6.45) is 2.48. The monoisotopic (exact) mass is 203 g/mol. The Balaban J connectivity index is 1.56. The van der Waals surface area contributed by atoms with Crippen molar-refractivity contribution in [1.29, 1.82) is 0 Å². The van der Waals surface area contributed by atoms with Gasteiger partial charge in [0.2, 0.25) is 0 Å². The molecule has 0 aliphatic carbocycles. The molecule has 1 N–H and O–H groups in total. The minimum atomic E-state index is 0.350. The molecule has 1 aromatic rings. The summed E-state index contributed by atoms with van der Waals surface area (Å²) in [6, 6.07) is 11.9. The minimum absolute atomic E-state index is 0.350. The summed E-state index contributed by atoms with van der Waals surface area (Å²) >= 11 is 0. The van der Waals surface area contributed by atoms with Gasteiger partial charge in [0.05, 0.1) is 6.61 Å². The first-order valence-electron chi connectivity index (χ1n) is 5.79. The molecule has 4 atom stereocenters. The van der Waals surface area contributed by atoms with Crippen LogP contribution >= 0.6 is 0 Å². The van der Waals surface area contributed by atoms with Gasteiger partial charge in [0.1, 0.15) is 0 Å². The number of piperidine rings is 1. The van der Waals surface area contributed by atoms with E-state index in [-0.39, 0.29) is 0 Å². The van der Waals surface area contributed by atoms with Crippen molar-refractivity contribution >= 4 is 0 Å². The van der Waals surface area contributed by atoms with E-state index < -0.39 is 0 Å². The summed E-state index contributed by atoms with van der Waals surface area (Å²) < 4.78 is 0. The van der Waals surface area contributed by atoms with E-state index in [4.69, 9.17) is 5.11 Å². The molecular weight excluding hydrogens is 186 g/mol.